The van der Waals surface area contributed by atoms with Crippen molar-refractivity contribution in [3.8, 4) is 0 Å². The topological polar surface area (TPSA) is 54.2 Å². The predicted molar refractivity (Wildman–Crippen MR) is 86.0 cm³/mol. The molecule has 0 bridgehead atoms. The number of likely N-dealkylation sites (N-methyl/N-ethyl adjacent to an activating group) is 1. The summed E-state index contributed by atoms with van der Waals surface area (Å²) in [5.41, 5.74) is 4.38. The Balaban J connectivity index is 2.19. The van der Waals surface area contributed by atoms with E-state index < -0.39 is 0 Å². The summed E-state index contributed by atoms with van der Waals surface area (Å²) in [4.78, 5) is 4.85. The molecule has 0 saturated carbocycles. The molecule has 1 atom stereocenters. The second-order valence-corrected chi connectivity index (χ2v) is 5.19. The van der Waals surface area contributed by atoms with E-state index in [1.165, 1.54) is 0 Å². The van der Waals surface area contributed by atoms with Gasteiger partial charge in [0.05, 0.1) is 29.7 Å². The number of rotatable bonds is 3. The zero-order valence-corrected chi connectivity index (χ0v) is 12.7. The first-order valence-corrected chi connectivity index (χ1v) is 7.34. The van der Waals surface area contributed by atoms with Crippen LogP contribution in [0.1, 0.15) is 23.7 Å². The molecule has 1 aromatic carbocycles. The van der Waals surface area contributed by atoms with Crippen molar-refractivity contribution in [2.24, 2.45) is 12.0 Å². The van der Waals surface area contributed by atoms with Crippen LogP contribution in [0.15, 0.2) is 35.3 Å². The molecule has 2 aromatic rings. The second kappa shape index (κ2) is 5.69. The predicted octanol–water partition coefficient (Wildman–Crippen LogP) is 1.79. The van der Waals surface area contributed by atoms with Gasteiger partial charge in [-0.1, -0.05) is 37.3 Å². The maximum Gasteiger partial charge on any atom is 0.135 e. The van der Waals surface area contributed by atoms with Crippen LogP contribution < -0.4 is 10.6 Å². The van der Waals surface area contributed by atoms with Crippen LogP contribution in [0.25, 0.3) is 0 Å². The molecule has 5 nitrogen and oxygen atoms in total. The summed E-state index contributed by atoms with van der Waals surface area (Å²) in [6, 6.07) is 10.3. The van der Waals surface area contributed by atoms with Crippen molar-refractivity contribution in [3.63, 3.8) is 0 Å². The van der Waals surface area contributed by atoms with E-state index in [4.69, 9.17) is 4.99 Å². The first-order valence-electron chi connectivity index (χ1n) is 7.34. The fourth-order valence-corrected chi connectivity index (χ4v) is 2.71. The van der Waals surface area contributed by atoms with Gasteiger partial charge in [0.15, 0.2) is 0 Å². The van der Waals surface area contributed by atoms with Crippen molar-refractivity contribution < 1.29 is 0 Å². The number of benzene rings is 1. The van der Waals surface area contributed by atoms with E-state index in [1.807, 2.05) is 37.0 Å². The van der Waals surface area contributed by atoms with Gasteiger partial charge in [0, 0.05) is 12.6 Å². The van der Waals surface area contributed by atoms with Gasteiger partial charge in [-0.3, -0.25) is 15.0 Å². The minimum Gasteiger partial charge on any atom is -0.353 e. The third-order valence-electron chi connectivity index (χ3n) is 3.83. The molecule has 0 fully saturated rings. The van der Waals surface area contributed by atoms with Crippen molar-refractivity contribution in [1.82, 2.24) is 15.1 Å². The number of hydrogen-bond acceptors (Lipinski definition) is 4. The van der Waals surface area contributed by atoms with Crippen LogP contribution in [0.5, 0.6) is 0 Å². The van der Waals surface area contributed by atoms with Crippen LogP contribution >= 0.6 is 0 Å². The number of aliphatic imine (C=N–C) groups is 1. The van der Waals surface area contributed by atoms with Gasteiger partial charge in [-0.05, 0) is 13.5 Å². The Morgan fingerprint density at radius 2 is 2.10 bits per heavy atom. The van der Waals surface area contributed by atoms with E-state index in [0.29, 0.717) is 6.54 Å². The Morgan fingerprint density at radius 1 is 1.33 bits per heavy atom. The highest BCUT2D eigenvalue weighted by atomic mass is 15.3. The first kappa shape index (κ1) is 13.8. The zero-order chi connectivity index (χ0) is 14.8. The lowest BCUT2D eigenvalue weighted by atomic mass is 10.0. The van der Waals surface area contributed by atoms with Gasteiger partial charge in [-0.15, -0.1) is 0 Å². The van der Waals surface area contributed by atoms with E-state index >= 15 is 0 Å². The van der Waals surface area contributed by atoms with Gasteiger partial charge in [0.1, 0.15) is 5.82 Å². The maximum atomic E-state index is 4.85. The maximum absolute atomic E-state index is 4.85. The third-order valence-corrected chi connectivity index (χ3v) is 3.83. The summed E-state index contributed by atoms with van der Waals surface area (Å²) in [6.07, 6.45) is 1.01. The smallest absolute Gasteiger partial charge is 0.135 e. The highest BCUT2D eigenvalue weighted by molar-refractivity contribution is 6.16. The number of nitrogens with zero attached hydrogens (tertiary/aromatic N) is 3. The van der Waals surface area contributed by atoms with E-state index in [1.54, 1.807) is 0 Å². The Morgan fingerprint density at radius 3 is 2.76 bits per heavy atom. The molecule has 2 N–H and O–H groups in total. The van der Waals surface area contributed by atoms with Crippen LogP contribution in [-0.2, 0) is 13.5 Å². The van der Waals surface area contributed by atoms with Gasteiger partial charge in [0.2, 0.25) is 0 Å². The van der Waals surface area contributed by atoms with Crippen molar-refractivity contribution in [3.05, 3.63) is 47.2 Å². The highest BCUT2D eigenvalue weighted by Gasteiger charge is 2.25. The molecule has 1 aliphatic rings. The van der Waals surface area contributed by atoms with Crippen molar-refractivity contribution >= 4 is 11.5 Å². The van der Waals surface area contributed by atoms with Gasteiger partial charge in [-0.25, -0.2) is 0 Å². The van der Waals surface area contributed by atoms with Crippen molar-refractivity contribution in [2.45, 2.75) is 19.5 Å². The standard InChI is InChI=1S/C16H21N5/c1-4-12-14-15(11-8-6-5-7-9-11)18-10-13(17-2)19-16(14)21(3)20-12/h5-9,13,17,19H,4,10H2,1-3H3. The fraction of sp³-hybridized carbons (Fsp3) is 0.375. The number of aryl methyl sites for hydroxylation is 2. The van der Waals surface area contributed by atoms with Crippen LogP contribution in [-0.4, -0.2) is 35.3 Å². The number of fused-ring (bicyclic) bond motifs is 1. The van der Waals surface area contributed by atoms with Crippen molar-refractivity contribution in [2.75, 3.05) is 18.9 Å². The summed E-state index contributed by atoms with van der Waals surface area (Å²) < 4.78 is 1.92. The monoisotopic (exact) mass is 283 g/mol. The number of anilines is 1. The molecule has 5 heteroatoms. The Bertz CT molecular complexity index is 657. The van der Waals surface area contributed by atoms with Gasteiger partial charge in [-0.2, -0.15) is 5.10 Å². The quantitative estimate of drug-likeness (QED) is 0.903. The van der Waals surface area contributed by atoms with Crippen molar-refractivity contribution in [1.29, 1.82) is 0 Å². The SMILES string of the molecule is CCc1nn(C)c2c1C(c1ccccc1)=NCC(NC)N2. The average Bonchev–Trinajstić information content (AvgIpc) is 2.72. The Kier molecular flexibility index (Phi) is 3.75. The van der Waals surface area contributed by atoms with Gasteiger partial charge in [0.25, 0.3) is 0 Å². The lowest BCUT2D eigenvalue weighted by Crippen LogP contribution is -2.36. The molecule has 2 heterocycles. The molecule has 0 spiro atoms. The third kappa shape index (κ3) is 2.45. The van der Waals surface area contributed by atoms with E-state index in [-0.39, 0.29) is 6.17 Å². The molecule has 1 aliphatic heterocycles. The number of aromatic nitrogens is 2. The molecule has 0 amide bonds. The molecule has 1 unspecified atom stereocenters. The average molecular weight is 283 g/mol. The fourth-order valence-electron chi connectivity index (χ4n) is 2.71. The molecular weight excluding hydrogens is 262 g/mol. The normalized spacial score (nSPS) is 17.7. The molecule has 0 aliphatic carbocycles. The largest absolute Gasteiger partial charge is 0.353 e. The second-order valence-electron chi connectivity index (χ2n) is 5.19. The highest BCUT2D eigenvalue weighted by Crippen LogP contribution is 2.26. The summed E-state index contributed by atoms with van der Waals surface area (Å²) in [5, 5.41) is 11.4. The molecule has 0 radical (unpaired) electrons. The van der Waals surface area contributed by atoms with Gasteiger partial charge < -0.3 is 5.32 Å². The lowest BCUT2D eigenvalue weighted by Gasteiger charge is -2.15. The minimum absolute atomic E-state index is 0.116. The lowest BCUT2D eigenvalue weighted by molar-refractivity contribution is 0.625. The zero-order valence-electron chi connectivity index (χ0n) is 12.7. The van der Waals surface area contributed by atoms with Crippen LogP contribution in [0.3, 0.4) is 0 Å². The first-order chi connectivity index (χ1) is 10.2. The van der Waals surface area contributed by atoms with E-state index in [0.717, 1.165) is 34.8 Å². The molecule has 0 saturated heterocycles. The number of nitrogens with one attached hydrogen (secondary N) is 2. The summed E-state index contributed by atoms with van der Waals surface area (Å²) >= 11 is 0. The Labute approximate surface area is 125 Å². The molecule has 3 rings (SSSR count). The summed E-state index contributed by atoms with van der Waals surface area (Å²) in [7, 11) is 3.92. The number of hydrogen-bond donors (Lipinski definition) is 2. The Hall–Kier alpha value is -2.14. The van der Waals surface area contributed by atoms with E-state index in [2.05, 4.69) is 34.8 Å². The van der Waals surface area contributed by atoms with Crippen LogP contribution in [0.4, 0.5) is 5.82 Å². The van der Waals surface area contributed by atoms with Gasteiger partial charge >= 0.3 is 0 Å². The molecule has 21 heavy (non-hydrogen) atoms. The summed E-state index contributed by atoms with van der Waals surface area (Å²) in [6.45, 7) is 2.82. The molecular formula is C16H21N5. The minimum atomic E-state index is 0.116. The molecule has 110 valence electrons. The van der Waals surface area contributed by atoms with Crippen LogP contribution in [0.2, 0.25) is 0 Å². The van der Waals surface area contributed by atoms with E-state index in [9.17, 15) is 0 Å². The summed E-state index contributed by atoms with van der Waals surface area (Å²) in [5.74, 6) is 1.03. The molecule has 1 aromatic heterocycles. The van der Waals surface area contributed by atoms with Crippen LogP contribution in [0, 0.1) is 0 Å².